The van der Waals surface area contributed by atoms with Gasteiger partial charge in [-0.15, -0.1) is 0 Å². The number of ether oxygens (including phenoxy) is 1. The second-order valence-electron chi connectivity index (χ2n) is 4.11. The van der Waals surface area contributed by atoms with E-state index in [-0.39, 0.29) is 0 Å². The summed E-state index contributed by atoms with van der Waals surface area (Å²) in [4.78, 5) is 6.79. The predicted octanol–water partition coefficient (Wildman–Crippen LogP) is 2.76. The summed E-state index contributed by atoms with van der Waals surface area (Å²) in [6.07, 6.45) is 4.49. The van der Waals surface area contributed by atoms with Gasteiger partial charge in [-0.2, -0.15) is 0 Å². The van der Waals surface area contributed by atoms with Gasteiger partial charge in [0.15, 0.2) is 0 Å². The summed E-state index contributed by atoms with van der Waals surface area (Å²) >= 11 is 0. The van der Waals surface area contributed by atoms with Crippen molar-refractivity contribution in [1.82, 2.24) is 4.90 Å². The van der Waals surface area contributed by atoms with E-state index in [0.717, 1.165) is 30.1 Å². The summed E-state index contributed by atoms with van der Waals surface area (Å²) in [6.45, 7) is 4.30. The lowest BCUT2D eigenvalue weighted by molar-refractivity contribution is 0.415. The van der Waals surface area contributed by atoms with Crippen molar-refractivity contribution in [2.45, 2.75) is 19.8 Å². The maximum Gasteiger partial charge on any atom is 0.144 e. The zero-order valence-corrected chi connectivity index (χ0v) is 9.94. The zero-order valence-electron chi connectivity index (χ0n) is 9.94. The molecule has 1 aromatic rings. The van der Waals surface area contributed by atoms with Gasteiger partial charge in [0.25, 0.3) is 0 Å². The largest absolute Gasteiger partial charge is 0.494 e. The topological polar surface area (TPSA) is 24.8 Å². The van der Waals surface area contributed by atoms with Crippen LogP contribution in [-0.2, 0) is 0 Å². The van der Waals surface area contributed by atoms with Crippen LogP contribution in [0, 0.1) is 6.92 Å². The van der Waals surface area contributed by atoms with Crippen LogP contribution in [0.1, 0.15) is 18.4 Å². The maximum absolute atomic E-state index is 5.31. The van der Waals surface area contributed by atoms with E-state index >= 15 is 0 Å². The third-order valence-electron chi connectivity index (χ3n) is 2.91. The number of hydrogen-bond acceptors (Lipinski definition) is 2. The molecule has 3 heteroatoms. The number of aryl methyl sites for hydroxylation is 1. The Morgan fingerprint density at radius 2 is 2.06 bits per heavy atom. The molecule has 0 amide bonds. The van der Waals surface area contributed by atoms with Crippen molar-refractivity contribution in [2.75, 3.05) is 20.2 Å². The maximum atomic E-state index is 5.31. The van der Waals surface area contributed by atoms with Gasteiger partial charge in [-0.1, -0.05) is 12.1 Å². The van der Waals surface area contributed by atoms with Crippen molar-refractivity contribution >= 4 is 12.0 Å². The standard InChI is InChI=1S/C13H18N2O/c1-11-6-5-7-12(16-2)13(11)14-10-15-8-3-4-9-15/h5-7,10H,3-4,8-9H2,1-2H3. The number of rotatable bonds is 3. The molecular formula is C13H18N2O. The number of likely N-dealkylation sites (tertiary alicyclic amines) is 1. The fraction of sp³-hybridized carbons (Fsp3) is 0.462. The monoisotopic (exact) mass is 218 g/mol. The molecule has 0 spiro atoms. The van der Waals surface area contributed by atoms with Gasteiger partial charge in [-0.3, -0.25) is 0 Å². The van der Waals surface area contributed by atoms with Gasteiger partial charge in [0, 0.05) is 13.1 Å². The predicted molar refractivity (Wildman–Crippen MR) is 66.7 cm³/mol. The minimum absolute atomic E-state index is 0.843. The molecule has 0 bridgehead atoms. The molecule has 0 saturated carbocycles. The van der Waals surface area contributed by atoms with Crippen LogP contribution < -0.4 is 4.74 Å². The number of para-hydroxylation sites is 1. The van der Waals surface area contributed by atoms with E-state index in [2.05, 4.69) is 22.9 Å². The Morgan fingerprint density at radius 1 is 1.31 bits per heavy atom. The highest BCUT2D eigenvalue weighted by Crippen LogP contribution is 2.30. The summed E-state index contributed by atoms with van der Waals surface area (Å²) in [5, 5.41) is 0. The first-order valence-electron chi connectivity index (χ1n) is 5.73. The number of benzene rings is 1. The smallest absolute Gasteiger partial charge is 0.144 e. The van der Waals surface area contributed by atoms with Crippen molar-refractivity contribution in [3.8, 4) is 5.75 Å². The first-order chi connectivity index (χ1) is 7.81. The molecule has 86 valence electrons. The summed E-state index contributed by atoms with van der Waals surface area (Å²) in [6, 6.07) is 5.99. The van der Waals surface area contributed by atoms with E-state index in [1.54, 1.807) is 7.11 Å². The fourth-order valence-corrected chi connectivity index (χ4v) is 1.96. The van der Waals surface area contributed by atoms with Crippen LogP contribution in [-0.4, -0.2) is 31.4 Å². The van der Waals surface area contributed by atoms with Gasteiger partial charge in [-0.05, 0) is 31.4 Å². The van der Waals surface area contributed by atoms with E-state index < -0.39 is 0 Å². The van der Waals surface area contributed by atoms with Gasteiger partial charge in [0.2, 0.25) is 0 Å². The lowest BCUT2D eigenvalue weighted by Crippen LogP contribution is -2.16. The lowest BCUT2D eigenvalue weighted by atomic mass is 10.2. The van der Waals surface area contributed by atoms with Crippen molar-refractivity contribution in [1.29, 1.82) is 0 Å². The fourth-order valence-electron chi connectivity index (χ4n) is 1.96. The van der Waals surface area contributed by atoms with E-state index in [0.29, 0.717) is 0 Å². The molecule has 1 aromatic carbocycles. The minimum Gasteiger partial charge on any atom is -0.494 e. The van der Waals surface area contributed by atoms with Gasteiger partial charge in [-0.25, -0.2) is 4.99 Å². The first-order valence-corrected chi connectivity index (χ1v) is 5.73. The quantitative estimate of drug-likeness (QED) is 0.575. The Morgan fingerprint density at radius 3 is 2.75 bits per heavy atom. The van der Waals surface area contributed by atoms with E-state index in [4.69, 9.17) is 4.74 Å². The molecule has 0 N–H and O–H groups in total. The molecule has 1 saturated heterocycles. The number of hydrogen-bond donors (Lipinski definition) is 0. The molecule has 0 radical (unpaired) electrons. The SMILES string of the molecule is COc1cccc(C)c1N=CN1CCCC1. The van der Waals surface area contributed by atoms with Crippen LogP contribution in [0.5, 0.6) is 5.75 Å². The summed E-state index contributed by atoms with van der Waals surface area (Å²) in [5.41, 5.74) is 2.09. The van der Waals surface area contributed by atoms with Crippen molar-refractivity contribution in [3.05, 3.63) is 23.8 Å². The van der Waals surface area contributed by atoms with Gasteiger partial charge < -0.3 is 9.64 Å². The molecule has 1 fully saturated rings. The van der Waals surface area contributed by atoms with Crippen molar-refractivity contribution < 1.29 is 4.74 Å². The molecule has 0 unspecified atom stereocenters. The molecule has 1 aliphatic heterocycles. The minimum atomic E-state index is 0.843. The summed E-state index contributed by atoms with van der Waals surface area (Å²) < 4.78 is 5.31. The van der Waals surface area contributed by atoms with Crippen molar-refractivity contribution in [3.63, 3.8) is 0 Å². The third kappa shape index (κ3) is 2.35. The highest BCUT2D eigenvalue weighted by molar-refractivity contribution is 5.67. The average Bonchev–Trinajstić information content (AvgIpc) is 2.80. The first kappa shape index (κ1) is 11.0. The second-order valence-corrected chi connectivity index (χ2v) is 4.11. The Hall–Kier alpha value is -1.51. The Balaban J connectivity index is 2.18. The summed E-state index contributed by atoms with van der Waals surface area (Å²) in [7, 11) is 1.68. The molecule has 3 nitrogen and oxygen atoms in total. The molecule has 0 aromatic heterocycles. The highest BCUT2D eigenvalue weighted by Gasteiger charge is 2.08. The molecule has 1 aliphatic rings. The van der Waals surface area contributed by atoms with Gasteiger partial charge >= 0.3 is 0 Å². The van der Waals surface area contributed by atoms with Crippen LogP contribution in [0.15, 0.2) is 23.2 Å². The Kier molecular flexibility index (Phi) is 3.44. The van der Waals surface area contributed by atoms with E-state index in [1.807, 2.05) is 18.5 Å². The summed E-state index contributed by atoms with van der Waals surface area (Å²) in [5.74, 6) is 0.843. The molecule has 2 rings (SSSR count). The van der Waals surface area contributed by atoms with Crippen molar-refractivity contribution in [2.24, 2.45) is 4.99 Å². The Labute approximate surface area is 96.7 Å². The van der Waals surface area contributed by atoms with Crippen LogP contribution in [0.25, 0.3) is 0 Å². The second kappa shape index (κ2) is 5.01. The third-order valence-corrected chi connectivity index (χ3v) is 2.91. The number of methoxy groups -OCH3 is 1. The molecule has 1 heterocycles. The van der Waals surface area contributed by atoms with Crippen LogP contribution >= 0.6 is 0 Å². The average molecular weight is 218 g/mol. The molecule has 16 heavy (non-hydrogen) atoms. The molecular weight excluding hydrogens is 200 g/mol. The van der Waals surface area contributed by atoms with E-state index in [9.17, 15) is 0 Å². The number of aliphatic imine (C=N–C) groups is 1. The van der Waals surface area contributed by atoms with Gasteiger partial charge in [0.1, 0.15) is 11.4 Å². The molecule has 0 aliphatic carbocycles. The zero-order chi connectivity index (χ0) is 11.4. The van der Waals surface area contributed by atoms with E-state index in [1.165, 1.54) is 12.8 Å². The normalized spacial score (nSPS) is 16.0. The van der Waals surface area contributed by atoms with Crippen LogP contribution in [0.2, 0.25) is 0 Å². The lowest BCUT2D eigenvalue weighted by Gasteiger charge is -2.11. The Bertz CT molecular complexity index is 382. The molecule has 0 atom stereocenters. The van der Waals surface area contributed by atoms with Gasteiger partial charge in [0.05, 0.1) is 13.4 Å². The van der Waals surface area contributed by atoms with Crippen LogP contribution in [0.4, 0.5) is 5.69 Å². The highest BCUT2D eigenvalue weighted by atomic mass is 16.5. The van der Waals surface area contributed by atoms with Crippen LogP contribution in [0.3, 0.4) is 0 Å². The number of nitrogens with zero attached hydrogens (tertiary/aromatic N) is 2.